The normalized spacial score (nSPS) is 31.9. The summed E-state index contributed by atoms with van der Waals surface area (Å²) in [7, 11) is -2.19. The van der Waals surface area contributed by atoms with Gasteiger partial charge in [0.2, 0.25) is 10.0 Å². The smallest absolute Gasteiger partial charge is 0.264 e. The second-order valence-corrected chi connectivity index (χ2v) is 15.8. The van der Waals surface area contributed by atoms with Crippen molar-refractivity contribution in [1.82, 2.24) is 4.72 Å². The van der Waals surface area contributed by atoms with Crippen molar-refractivity contribution < 1.29 is 27.4 Å². The number of amides is 1. The molecule has 6 atom stereocenters. The molecule has 0 radical (unpaired) electrons. The van der Waals surface area contributed by atoms with Gasteiger partial charge in [0.15, 0.2) is 0 Å². The fourth-order valence-corrected chi connectivity index (χ4v) is 9.27. The average Bonchev–Trinajstić information content (AvgIpc) is 3.13. The molecule has 6 rings (SSSR count). The van der Waals surface area contributed by atoms with Crippen LogP contribution < -0.4 is 14.4 Å². The van der Waals surface area contributed by atoms with E-state index in [9.17, 15) is 13.2 Å². The molecule has 45 heavy (non-hydrogen) atoms. The molecule has 2 aliphatic carbocycles. The van der Waals surface area contributed by atoms with Crippen molar-refractivity contribution >= 4 is 33.2 Å². The first-order chi connectivity index (χ1) is 21.6. The van der Waals surface area contributed by atoms with Crippen molar-refractivity contribution in [2.75, 3.05) is 50.7 Å². The number of hydrogen-bond donors (Lipinski definition) is 1. The molecule has 10 heteroatoms. The van der Waals surface area contributed by atoms with Crippen LogP contribution >= 0.6 is 11.6 Å². The molecule has 0 unspecified atom stereocenters. The van der Waals surface area contributed by atoms with E-state index in [1.165, 1.54) is 11.1 Å². The van der Waals surface area contributed by atoms with E-state index in [2.05, 4.69) is 33.9 Å². The van der Waals surface area contributed by atoms with E-state index in [0.717, 1.165) is 55.9 Å². The molecule has 4 aliphatic rings. The largest absolute Gasteiger partial charge is 0.490 e. The lowest BCUT2D eigenvalue weighted by atomic mass is 9.68. The minimum Gasteiger partial charge on any atom is -0.490 e. The van der Waals surface area contributed by atoms with Crippen LogP contribution in [0, 0.1) is 23.7 Å². The van der Waals surface area contributed by atoms with Gasteiger partial charge in [-0.25, -0.2) is 13.1 Å². The Labute approximate surface area is 272 Å². The Morgan fingerprint density at radius 3 is 2.73 bits per heavy atom. The minimum atomic E-state index is -3.87. The van der Waals surface area contributed by atoms with Crippen molar-refractivity contribution in [3.05, 3.63) is 70.3 Å². The van der Waals surface area contributed by atoms with Crippen molar-refractivity contribution in [2.45, 2.75) is 57.5 Å². The molecule has 1 spiro atoms. The van der Waals surface area contributed by atoms with Crippen LogP contribution in [0.3, 0.4) is 0 Å². The second kappa shape index (κ2) is 13.3. The monoisotopic (exact) mass is 656 g/mol. The summed E-state index contributed by atoms with van der Waals surface area (Å²) in [6, 6.07) is 11.5. The molecule has 2 aromatic rings. The van der Waals surface area contributed by atoms with Crippen LogP contribution in [0.25, 0.3) is 0 Å². The van der Waals surface area contributed by atoms with Crippen LogP contribution in [-0.4, -0.2) is 66.2 Å². The summed E-state index contributed by atoms with van der Waals surface area (Å²) in [4.78, 5) is 15.8. The third kappa shape index (κ3) is 6.92. The van der Waals surface area contributed by atoms with E-state index in [1.54, 1.807) is 13.2 Å². The van der Waals surface area contributed by atoms with Gasteiger partial charge in [0.1, 0.15) is 5.75 Å². The third-order valence-corrected chi connectivity index (χ3v) is 12.2. The Kier molecular flexibility index (Phi) is 9.53. The molecule has 1 fully saturated rings. The molecule has 1 saturated carbocycles. The van der Waals surface area contributed by atoms with Gasteiger partial charge in [-0.05, 0) is 97.2 Å². The highest BCUT2D eigenvalue weighted by Gasteiger charge is 2.44. The van der Waals surface area contributed by atoms with Gasteiger partial charge >= 0.3 is 0 Å². The predicted molar refractivity (Wildman–Crippen MR) is 177 cm³/mol. The molecule has 1 amide bonds. The predicted octanol–water partition coefficient (Wildman–Crippen LogP) is 5.77. The third-order valence-electron chi connectivity index (χ3n) is 10.5. The molecule has 0 aromatic heterocycles. The Morgan fingerprint density at radius 1 is 1.11 bits per heavy atom. The number of carbonyl (C=O) groups excluding carboxylic acids is 1. The number of allylic oxidation sites excluding steroid dienone is 1. The first-order valence-electron chi connectivity index (χ1n) is 16.2. The minimum absolute atomic E-state index is 0.0231. The standard InChI is InChI=1S/C35H45ClN2O6S/c1-23-6-12-32(43-16-15-42-3)29-10-7-27(29)19-38-21-35(14-4-5-25-17-28(36)9-11-30(25)35)22-44-33-13-8-26(18-31(33)38)34(39)37-45(40,41)20-24(23)2/h6,8-9,11-13,17-18,23-24,27,29,32H,4-5,7,10,14-16,19-22H2,1-3H3,(H,37,39)/b12-6-/t23-,24+,27-,29+,32+,35-/m0/s1. The first-order valence-corrected chi connectivity index (χ1v) is 18.2. The van der Waals surface area contributed by atoms with Gasteiger partial charge in [0.05, 0.1) is 37.4 Å². The van der Waals surface area contributed by atoms with Gasteiger partial charge < -0.3 is 19.1 Å². The Hall–Kier alpha value is -2.59. The van der Waals surface area contributed by atoms with E-state index >= 15 is 0 Å². The summed E-state index contributed by atoms with van der Waals surface area (Å²) in [6.07, 6.45) is 9.25. The molecule has 2 heterocycles. The zero-order valence-electron chi connectivity index (χ0n) is 26.5. The van der Waals surface area contributed by atoms with Gasteiger partial charge in [-0.15, -0.1) is 0 Å². The fourth-order valence-electron chi connectivity index (χ4n) is 7.60. The van der Waals surface area contributed by atoms with Crippen molar-refractivity contribution in [3.8, 4) is 5.75 Å². The number of nitrogens with zero attached hydrogens (tertiary/aromatic N) is 1. The van der Waals surface area contributed by atoms with Crippen LogP contribution in [0.4, 0.5) is 5.69 Å². The number of hydrogen-bond acceptors (Lipinski definition) is 7. The summed E-state index contributed by atoms with van der Waals surface area (Å²) < 4.78 is 46.9. The fraction of sp³-hybridized carbons (Fsp3) is 0.571. The van der Waals surface area contributed by atoms with Gasteiger partial charge in [-0.1, -0.05) is 43.7 Å². The number of rotatable bonds is 4. The van der Waals surface area contributed by atoms with Crippen LogP contribution in [0.15, 0.2) is 48.6 Å². The summed E-state index contributed by atoms with van der Waals surface area (Å²) in [6.45, 7) is 6.94. The topological polar surface area (TPSA) is 94.2 Å². The van der Waals surface area contributed by atoms with Crippen molar-refractivity contribution in [1.29, 1.82) is 0 Å². The number of carbonyl (C=O) groups is 1. The van der Waals surface area contributed by atoms with E-state index in [4.69, 9.17) is 25.8 Å². The molecule has 2 aromatic carbocycles. The van der Waals surface area contributed by atoms with Gasteiger partial charge in [-0.2, -0.15) is 0 Å². The maximum atomic E-state index is 13.4. The van der Waals surface area contributed by atoms with E-state index < -0.39 is 15.9 Å². The first kappa shape index (κ1) is 32.4. The zero-order valence-corrected chi connectivity index (χ0v) is 28.0. The van der Waals surface area contributed by atoms with Gasteiger partial charge in [0.25, 0.3) is 5.91 Å². The summed E-state index contributed by atoms with van der Waals surface area (Å²) in [5.74, 6) is 0.394. The quantitative estimate of drug-likeness (QED) is 0.330. The van der Waals surface area contributed by atoms with Crippen molar-refractivity contribution in [3.63, 3.8) is 0 Å². The molecule has 8 nitrogen and oxygen atoms in total. The Morgan fingerprint density at radius 2 is 1.96 bits per heavy atom. The Balaban J connectivity index is 1.41. The maximum absolute atomic E-state index is 13.4. The summed E-state index contributed by atoms with van der Waals surface area (Å²) in [5, 5.41) is 0.743. The van der Waals surface area contributed by atoms with E-state index in [-0.39, 0.29) is 29.1 Å². The number of halogens is 1. The summed E-state index contributed by atoms with van der Waals surface area (Å²) in [5.41, 5.74) is 3.42. The van der Waals surface area contributed by atoms with Gasteiger partial charge in [-0.3, -0.25) is 4.79 Å². The SMILES string of the molecule is COCCO[C@@H]1/C=C\[C@H](C)[C@H](C)CS(=O)(=O)NC(=O)c2ccc3c(c2)N(C[C@@H]2CC[C@H]21)C[C@@]1(CCCc2cc(Cl)ccc21)CO3. The van der Waals surface area contributed by atoms with Crippen LogP contribution in [0.2, 0.25) is 5.02 Å². The summed E-state index contributed by atoms with van der Waals surface area (Å²) >= 11 is 6.43. The number of fused-ring (bicyclic) bond motifs is 4. The number of sulfonamides is 1. The number of methoxy groups -OCH3 is 1. The van der Waals surface area contributed by atoms with E-state index in [1.807, 2.05) is 32.0 Å². The number of anilines is 1. The van der Waals surface area contributed by atoms with Crippen LogP contribution in [0.1, 0.15) is 61.0 Å². The molecule has 2 aliphatic heterocycles. The number of ether oxygens (including phenoxy) is 3. The molecule has 244 valence electrons. The zero-order chi connectivity index (χ0) is 31.8. The lowest BCUT2D eigenvalue weighted by molar-refractivity contribution is -0.0311. The van der Waals surface area contributed by atoms with E-state index in [0.29, 0.717) is 43.0 Å². The maximum Gasteiger partial charge on any atom is 0.264 e. The lowest BCUT2D eigenvalue weighted by Crippen LogP contribution is -2.49. The molecular weight excluding hydrogens is 612 g/mol. The molecular formula is C35H45ClN2O6S. The average molecular weight is 657 g/mol. The highest BCUT2D eigenvalue weighted by molar-refractivity contribution is 7.90. The molecule has 0 saturated heterocycles. The van der Waals surface area contributed by atoms with Crippen molar-refractivity contribution in [2.24, 2.45) is 23.7 Å². The molecule has 2 bridgehead atoms. The molecule has 1 N–H and O–H groups in total. The number of benzene rings is 2. The van der Waals surface area contributed by atoms with Crippen LogP contribution in [-0.2, 0) is 31.3 Å². The van der Waals surface area contributed by atoms with Gasteiger partial charge in [0, 0.05) is 36.2 Å². The number of nitrogens with one attached hydrogen (secondary N) is 1. The highest BCUT2D eigenvalue weighted by atomic mass is 35.5. The highest BCUT2D eigenvalue weighted by Crippen LogP contribution is 2.47. The van der Waals surface area contributed by atoms with Crippen LogP contribution in [0.5, 0.6) is 5.75 Å². The second-order valence-electron chi connectivity index (χ2n) is 13.6. The number of aryl methyl sites for hydroxylation is 1. The Bertz CT molecular complexity index is 1550. The lowest BCUT2D eigenvalue weighted by Gasteiger charge is -2.46.